The molecule has 3 rings (SSSR count). The molecule has 0 unspecified atom stereocenters. The second kappa shape index (κ2) is 3.93. The number of hydrogen-bond donors (Lipinski definition) is 2. The van der Waals surface area contributed by atoms with Crippen molar-refractivity contribution in [1.82, 2.24) is 10.5 Å². The van der Waals surface area contributed by atoms with E-state index in [1.54, 1.807) is 0 Å². The van der Waals surface area contributed by atoms with Crippen LogP contribution < -0.4 is 10.6 Å². The summed E-state index contributed by atoms with van der Waals surface area (Å²) in [5, 5.41) is 9.79. The number of nitrogens with one attached hydrogen (secondary N) is 2. The second-order valence-electron chi connectivity index (χ2n) is 3.78. The standard InChI is InChI=1S/C12H11N3O2/c16-11-9-10(8-4-2-1-3-5-8)15-17-12(9)14-7-6-13-11/h1-5,14H,6-7H2,(H,13,16). The summed E-state index contributed by atoms with van der Waals surface area (Å²) in [6.45, 7) is 1.22. The molecule has 17 heavy (non-hydrogen) atoms. The molecule has 1 aromatic carbocycles. The van der Waals surface area contributed by atoms with Crippen LogP contribution in [0, 0.1) is 0 Å². The largest absolute Gasteiger partial charge is 0.352 e. The van der Waals surface area contributed by atoms with E-state index in [0.717, 1.165) is 5.56 Å². The first kappa shape index (κ1) is 9.89. The number of hydrogen-bond acceptors (Lipinski definition) is 4. The van der Waals surface area contributed by atoms with Gasteiger partial charge in [0.1, 0.15) is 11.3 Å². The SMILES string of the molecule is O=C1NCCNc2onc(-c3ccccc3)c21. The Morgan fingerprint density at radius 2 is 1.88 bits per heavy atom. The van der Waals surface area contributed by atoms with E-state index in [9.17, 15) is 4.79 Å². The van der Waals surface area contributed by atoms with Gasteiger partial charge in [0, 0.05) is 18.7 Å². The van der Waals surface area contributed by atoms with Crippen molar-refractivity contribution in [2.45, 2.75) is 0 Å². The average molecular weight is 229 g/mol. The second-order valence-corrected chi connectivity index (χ2v) is 3.78. The molecule has 0 aliphatic carbocycles. The quantitative estimate of drug-likeness (QED) is 0.777. The summed E-state index contributed by atoms with van der Waals surface area (Å²) in [4.78, 5) is 11.9. The Morgan fingerprint density at radius 1 is 1.12 bits per heavy atom. The van der Waals surface area contributed by atoms with E-state index >= 15 is 0 Å². The molecule has 0 fully saturated rings. The average Bonchev–Trinajstić information content (AvgIpc) is 2.71. The Morgan fingerprint density at radius 3 is 2.71 bits per heavy atom. The van der Waals surface area contributed by atoms with Crippen molar-refractivity contribution in [2.75, 3.05) is 18.4 Å². The molecule has 0 bridgehead atoms. The lowest BCUT2D eigenvalue weighted by molar-refractivity contribution is 0.0958. The zero-order valence-corrected chi connectivity index (χ0v) is 9.06. The van der Waals surface area contributed by atoms with Gasteiger partial charge in [-0.2, -0.15) is 0 Å². The summed E-state index contributed by atoms with van der Waals surface area (Å²) >= 11 is 0. The molecule has 0 radical (unpaired) electrons. The molecule has 0 saturated heterocycles. The first-order valence-corrected chi connectivity index (χ1v) is 5.43. The topological polar surface area (TPSA) is 67.2 Å². The maximum atomic E-state index is 11.9. The zero-order valence-electron chi connectivity index (χ0n) is 9.06. The molecule has 5 nitrogen and oxygen atoms in total. The molecule has 2 aromatic rings. The van der Waals surface area contributed by atoms with E-state index in [1.165, 1.54) is 0 Å². The van der Waals surface area contributed by atoms with Gasteiger partial charge in [-0.1, -0.05) is 35.5 Å². The van der Waals surface area contributed by atoms with Gasteiger partial charge in [0.05, 0.1) is 0 Å². The summed E-state index contributed by atoms with van der Waals surface area (Å²) in [6.07, 6.45) is 0. The lowest BCUT2D eigenvalue weighted by Gasteiger charge is -2.00. The van der Waals surface area contributed by atoms with Crippen molar-refractivity contribution in [3.05, 3.63) is 35.9 Å². The monoisotopic (exact) mass is 229 g/mol. The van der Waals surface area contributed by atoms with Gasteiger partial charge in [-0.15, -0.1) is 0 Å². The van der Waals surface area contributed by atoms with Gasteiger partial charge in [-0.25, -0.2) is 0 Å². The van der Waals surface area contributed by atoms with E-state index in [2.05, 4.69) is 15.8 Å². The highest BCUT2D eigenvalue weighted by Crippen LogP contribution is 2.29. The van der Waals surface area contributed by atoms with Gasteiger partial charge in [-0.05, 0) is 0 Å². The van der Waals surface area contributed by atoms with Gasteiger partial charge < -0.3 is 15.2 Å². The third-order valence-corrected chi connectivity index (χ3v) is 2.66. The Kier molecular flexibility index (Phi) is 2.29. The van der Waals surface area contributed by atoms with E-state index in [0.29, 0.717) is 30.2 Å². The number of nitrogens with zero attached hydrogens (tertiary/aromatic N) is 1. The van der Waals surface area contributed by atoms with Crippen molar-refractivity contribution < 1.29 is 9.32 Å². The fourth-order valence-corrected chi connectivity index (χ4v) is 1.85. The van der Waals surface area contributed by atoms with Crippen LogP contribution in [0.15, 0.2) is 34.9 Å². The van der Waals surface area contributed by atoms with E-state index in [-0.39, 0.29) is 5.91 Å². The summed E-state index contributed by atoms with van der Waals surface area (Å²) in [7, 11) is 0. The highest BCUT2D eigenvalue weighted by Gasteiger charge is 2.25. The van der Waals surface area contributed by atoms with E-state index < -0.39 is 0 Å². The van der Waals surface area contributed by atoms with Crippen LogP contribution >= 0.6 is 0 Å². The minimum Gasteiger partial charge on any atom is -0.352 e. The summed E-state index contributed by atoms with van der Waals surface area (Å²) in [6, 6.07) is 9.52. The maximum absolute atomic E-state index is 11.9. The predicted octanol–water partition coefficient (Wildman–Crippen LogP) is 1.50. The number of amides is 1. The first-order valence-electron chi connectivity index (χ1n) is 5.43. The smallest absolute Gasteiger partial charge is 0.259 e. The lowest BCUT2D eigenvalue weighted by atomic mass is 10.1. The molecule has 86 valence electrons. The minimum atomic E-state index is -0.148. The summed E-state index contributed by atoms with van der Waals surface area (Å²) in [5.41, 5.74) is 1.93. The molecule has 0 spiro atoms. The summed E-state index contributed by atoms with van der Waals surface area (Å²) < 4.78 is 5.17. The number of benzene rings is 1. The molecule has 1 aliphatic rings. The minimum absolute atomic E-state index is 0.148. The van der Waals surface area contributed by atoms with Crippen LogP contribution in [0.5, 0.6) is 0 Å². The van der Waals surface area contributed by atoms with Crippen LogP contribution in [-0.4, -0.2) is 24.2 Å². The lowest BCUT2D eigenvalue weighted by Crippen LogP contribution is -2.25. The summed E-state index contributed by atoms with van der Waals surface area (Å²) in [5.74, 6) is 0.295. The number of rotatable bonds is 1. The Labute approximate surface area is 97.8 Å². The highest BCUT2D eigenvalue weighted by atomic mass is 16.5. The van der Waals surface area contributed by atoms with Gasteiger partial charge in [0.15, 0.2) is 0 Å². The fraction of sp³-hybridized carbons (Fsp3) is 0.167. The normalized spacial score (nSPS) is 14.5. The van der Waals surface area contributed by atoms with Gasteiger partial charge in [0.2, 0.25) is 5.88 Å². The van der Waals surface area contributed by atoms with Gasteiger partial charge in [-0.3, -0.25) is 4.79 Å². The third-order valence-electron chi connectivity index (χ3n) is 2.66. The van der Waals surface area contributed by atoms with Crippen molar-refractivity contribution in [1.29, 1.82) is 0 Å². The van der Waals surface area contributed by atoms with Crippen LogP contribution in [0.1, 0.15) is 10.4 Å². The third kappa shape index (κ3) is 1.65. The molecule has 1 aliphatic heterocycles. The number of aromatic nitrogens is 1. The maximum Gasteiger partial charge on any atom is 0.259 e. The first-order chi connectivity index (χ1) is 8.36. The molecule has 2 heterocycles. The molecule has 1 aromatic heterocycles. The molecule has 0 saturated carbocycles. The van der Waals surface area contributed by atoms with Crippen molar-refractivity contribution >= 4 is 11.8 Å². The van der Waals surface area contributed by atoms with E-state index in [1.807, 2.05) is 30.3 Å². The Balaban J connectivity index is 2.14. The van der Waals surface area contributed by atoms with Crippen LogP contribution in [0.25, 0.3) is 11.3 Å². The number of carbonyl (C=O) groups is 1. The predicted molar refractivity (Wildman–Crippen MR) is 62.8 cm³/mol. The number of fused-ring (bicyclic) bond motifs is 1. The van der Waals surface area contributed by atoms with E-state index in [4.69, 9.17) is 4.52 Å². The molecule has 2 N–H and O–H groups in total. The van der Waals surface area contributed by atoms with Crippen LogP contribution in [0.2, 0.25) is 0 Å². The van der Waals surface area contributed by atoms with Crippen molar-refractivity contribution in [2.24, 2.45) is 0 Å². The molecule has 5 heteroatoms. The number of anilines is 1. The van der Waals surface area contributed by atoms with Crippen molar-refractivity contribution in [3.8, 4) is 11.3 Å². The fourth-order valence-electron chi connectivity index (χ4n) is 1.85. The van der Waals surface area contributed by atoms with Gasteiger partial charge in [0.25, 0.3) is 5.91 Å². The Hall–Kier alpha value is -2.30. The molecular weight excluding hydrogens is 218 g/mol. The van der Waals surface area contributed by atoms with Gasteiger partial charge >= 0.3 is 0 Å². The van der Waals surface area contributed by atoms with Crippen molar-refractivity contribution in [3.63, 3.8) is 0 Å². The number of carbonyl (C=O) groups excluding carboxylic acids is 1. The Bertz CT molecular complexity index is 548. The molecule has 1 amide bonds. The molecular formula is C12H11N3O2. The van der Waals surface area contributed by atoms with Crippen LogP contribution in [0.3, 0.4) is 0 Å². The molecule has 0 atom stereocenters. The zero-order chi connectivity index (χ0) is 11.7. The highest BCUT2D eigenvalue weighted by molar-refractivity contribution is 6.04. The van der Waals surface area contributed by atoms with Crippen LogP contribution in [-0.2, 0) is 0 Å². The van der Waals surface area contributed by atoms with Crippen LogP contribution in [0.4, 0.5) is 5.88 Å².